The monoisotopic (exact) mass is 157 g/mol. The molecule has 1 aliphatic heterocycles. The smallest absolute Gasteiger partial charge is 0.0734 e. The van der Waals surface area contributed by atoms with Crippen LogP contribution in [0.15, 0.2) is 41.9 Å². The van der Waals surface area contributed by atoms with Crippen molar-refractivity contribution in [2.45, 2.75) is 13.0 Å². The van der Waals surface area contributed by atoms with Crippen LogP contribution in [0.1, 0.15) is 24.1 Å². The summed E-state index contributed by atoms with van der Waals surface area (Å²) in [4.78, 5) is 4.47. The zero-order chi connectivity index (χ0) is 8.55. The Bertz CT molecular complexity index is 350. The molecule has 1 aromatic rings. The average molecular weight is 157 g/mol. The third kappa shape index (κ3) is 0.900. The normalized spacial score (nSPS) is 20.1. The van der Waals surface area contributed by atoms with Gasteiger partial charge in [-0.15, -0.1) is 0 Å². The molecule has 0 saturated carbocycles. The molecule has 0 aromatic heterocycles. The minimum Gasteiger partial charge on any atom is -0.277 e. The molecule has 0 unspecified atom stereocenters. The van der Waals surface area contributed by atoms with Crippen molar-refractivity contribution in [2.75, 3.05) is 0 Å². The Morgan fingerprint density at radius 2 is 2.17 bits per heavy atom. The van der Waals surface area contributed by atoms with Crippen molar-refractivity contribution in [2.24, 2.45) is 4.99 Å². The van der Waals surface area contributed by atoms with Gasteiger partial charge in [-0.2, -0.15) is 0 Å². The van der Waals surface area contributed by atoms with Crippen LogP contribution in [-0.4, -0.2) is 5.71 Å². The molecule has 0 saturated heterocycles. The third-order valence-electron chi connectivity index (χ3n) is 2.21. The fourth-order valence-corrected chi connectivity index (χ4v) is 1.60. The Morgan fingerprint density at radius 1 is 1.42 bits per heavy atom. The van der Waals surface area contributed by atoms with Gasteiger partial charge in [0.25, 0.3) is 0 Å². The van der Waals surface area contributed by atoms with Gasteiger partial charge in [0, 0.05) is 5.56 Å². The van der Waals surface area contributed by atoms with E-state index in [1.165, 1.54) is 11.1 Å². The van der Waals surface area contributed by atoms with Gasteiger partial charge >= 0.3 is 0 Å². The topological polar surface area (TPSA) is 12.4 Å². The maximum Gasteiger partial charge on any atom is 0.0734 e. The number of fused-ring (bicyclic) bond motifs is 1. The van der Waals surface area contributed by atoms with Crippen LogP contribution in [0, 0.1) is 0 Å². The van der Waals surface area contributed by atoms with Crippen LogP contribution < -0.4 is 0 Å². The Balaban J connectivity index is 2.60. The van der Waals surface area contributed by atoms with Gasteiger partial charge < -0.3 is 0 Å². The Labute approximate surface area is 72.5 Å². The number of rotatable bonds is 1. The van der Waals surface area contributed by atoms with E-state index in [4.69, 9.17) is 0 Å². The summed E-state index contributed by atoms with van der Waals surface area (Å²) in [5, 5.41) is 0. The van der Waals surface area contributed by atoms with Crippen molar-refractivity contribution in [3.05, 3.63) is 48.0 Å². The molecule has 1 heteroatoms. The van der Waals surface area contributed by atoms with Crippen LogP contribution in [0.2, 0.25) is 0 Å². The SMILES string of the molecule is C=CC1=N[C@H](C)c2ccccc21. The van der Waals surface area contributed by atoms with Gasteiger partial charge in [-0.05, 0) is 18.6 Å². The van der Waals surface area contributed by atoms with Crippen LogP contribution in [0.4, 0.5) is 0 Å². The van der Waals surface area contributed by atoms with Crippen molar-refractivity contribution < 1.29 is 0 Å². The second-order valence-corrected chi connectivity index (χ2v) is 2.98. The summed E-state index contributed by atoms with van der Waals surface area (Å²) in [6.07, 6.45) is 1.82. The van der Waals surface area contributed by atoms with Crippen LogP contribution in [-0.2, 0) is 0 Å². The molecule has 0 spiro atoms. The maximum absolute atomic E-state index is 4.47. The molecule has 0 aliphatic carbocycles. The van der Waals surface area contributed by atoms with Crippen LogP contribution in [0.3, 0.4) is 0 Å². The standard InChI is InChI=1S/C11H11N/c1-3-11-10-7-5-4-6-9(10)8(2)12-11/h3-8H,1H2,2H3/t8-/m1/s1. The van der Waals surface area contributed by atoms with Gasteiger partial charge in [0.05, 0.1) is 11.8 Å². The van der Waals surface area contributed by atoms with E-state index in [1.54, 1.807) is 0 Å². The first-order valence-electron chi connectivity index (χ1n) is 4.12. The van der Waals surface area contributed by atoms with Gasteiger partial charge in [-0.1, -0.05) is 30.8 Å². The van der Waals surface area contributed by atoms with Gasteiger partial charge in [0.15, 0.2) is 0 Å². The molecule has 60 valence electrons. The molecule has 1 atom stereocenters. The summed E-state index contributed by atoms with van der Waals surface area (Å²) >= 11 is 0. The van der Waals surface area contributed by atoms with Crippen molar-refractivity contribution in [3.63, 3.8) is 0 Å². The third-order valence-corrected chi connectivity index (χ3v) is 2.21. The summed E-state index contributed by atoms with van der Waals surface area (Å²) in [7, 11) is 0. The van der Waals surface area contributed by atoms with E-state index in [2.05, 4.69) is 36.7 Å². The van der Waals surface area contributed by atoms with E-state index >= 15 is 0 Å². The number of benzene rings is 1. The number of nitrogens with zero attached hydrogens (tertiary/aromatic N) is 1. The van der Waals surface area contributed by atoms with Gasteiger partial charge in [-0.3, -0.25) is 4.99 Å². The first-order valence-corrected chi connectivity index (χ1v) is 4.12. The second kappa shape index (κ2) is 2.59. The van der Waals surface area contributed by atoms with E-state index in [9.17, 15) is 0 Å². The molecule has 0 fully saturated rings. The van der Waals surface area contributed by atoms with Gasteiger partial charge in [0.1, 0.15) is 0 Å². The Hall–Kier alpha value is -1.37. The maximum atomic E-state index is 4.47. The lowest BCUT2D eigenvalue weighted by molar-refractivity contribution is 0.843. The lowest BCUT2D eigenvalue weighted by Gasteiger charge is -2.00. The highest BCUT2D eigenvalue weighted by Crippen LogP contribution is 2.28. The fraction of sp³-hybridized carbons (Fsp3) is 0.182. The number of allylic oxidation sites excluding steroid dienone is 1. The van der Waals surface area contributed by atoms with E-state index in [0.29, 0.717) is 6.04 Å². The second-order valence-electron chi connectivity index (χ2n) is 2.98. The molecule has 1 heterocycles. The quantitative estimate of drug-likeness (QED) is 0.594. The first kappa shape index (κ1) is 7.29. The predicted octanol–water partition coefficient (Wildman–Crippen LogP) is 2.74. The van der Waals surface area contributed by atoms with E-state index in [1.807, 2.05) is 12.1 Å². The van der Waals surface area contributed by atoms with Gasteiger partial charge in [-0.25, -0.2) is 0 Å². The molecular weight excluding hydrogens is 146 g/mol. The van der Waals surface area contributed by atoms with Crippen molar-refractivity contribution >= 4 is 5.71 Å². The number of aliphatic imine (C=N–C) groups is 1. The van der Waals surface area contributed by atoms with Crippen molar-refractivity contribution in [1.29, 1.82) is 0 Å². The molecular formula is C11H11N. The molecule has 0 N–H and O–H groups in total. The minimum absolute atomic E-state index is 0.300. The summed E-state index contributed by atoms with van der Waals surface area (Å²) in [6.45, 7) is 5.85. The molecule has 0 bridgehead atoms. The molecule has 0 amide bonds. The minimum atomic E-state index is 0.300. The Morgan fingerprint density at radius 3 is 2.92 bits per heavy atom. The molecule has 1 aromatic carbocycles. The highest BCUT2D eigenvalue weighted by Gasteiger charge is 2.18. The Kier molecular flexibility index (Phi) is 1.58. The van der Waals surface area contributed by atoms with E-state index in [-0.39, 0.29) is 0 Å². The summed E-state index contributed by atoms with van der Waals surface area (Å²) in [5.41, 5.74) is 3.57. The fourth-order valence-electron chi connectivity index (χ4n) is 1.60. The van der Waals surface area contributed by atoms with Crippen LogP contribution >= 0.6 is 0 Å². The predicted molar refractivity (Wildman–Crippen MR) is 51.6 cm³/mol. The molecule has 1 nitrogen and oxygen atoms in total. The molecule has 2 rings (SSSR count). The summed E-state index contributed by atoms with van der Waals surface area (Å²) in [5.74, 6) is 0. The van der Waals surface area contributed by atoms with Crippen LogP contribution in [0.5, 0.6) is 0 Å². The zero-order valence-electron chi connectivity index (χ0n) is 7.12. The van der Waals surface area contributed by atoms with E-state index in [0.717, 1.165) is 5.71 Å². The number of hydrogen-bond donors (Lipinski definition) is 0. The largest absolute Gasteiger partial charge is 0.277 e. The van der Waals surface area contributed by atoms with E-state index < -0.39 is 0 Å². The first-order chi connectivity index (χ1) is 5.83. The lowest BCUT2D eigenvalue weighted by atomic mass is 10.0. The average Bonchev–Trinajstić information content (AvgIpc) is 2.44. The molecule has 12 heavy (non-hydrogen) atoms. The van der Waals surface area contributed by atoms with Gasteiger partial charge in [0.2, 0.25) is 0 Å². The molecule has 1 aliphatic rings. The highest BCUT2D eigenvalue weighted by molar-refractivity contribution is 6.11. The lowest BCUT2D eigenvalue weighted by Crippen LogP contribution is -1.91. The van der Waals surface area contributed by atoms with Crippen LogP contribution in [0.25, 0.3) is 0 Å². The summed E-state index contributed by atoms with van der Waals surface area (Å²) in [6, 6.07) is 8.61. The highest BCUT2D eigenvalue weighted by atomic mass is 14.8. The van der Waals surface area contributed by atoms with Crippen molar-refractivity contribution in [3.8, 4) is 0 Å². The van der Waals surface area contributed by atoms with Crippen molar-refractivity contribution in [1.82, 2.24) is 0 Å². The zero-order valence-corrected chi connectivity index (χ0v) is 7.12. The molecule has 0 radical (unpaired) electrons. The summed E-state index contributed by atoms with van der Waals surface area (Å²) < 4.78 is 0. The number of hydrogen-bond acceptors (Lipinski definition) is 1.